The molecule has 0 bridgehead atoms. The van der Waals surface area contributed by atoms with Crippen LogP contribution < -0.4 is 5.32 Å². The summed E-state index contributed by atoms with van der Waals surface area (Å²) in [4.78, 5) is 9.86. The number of rotatable bonds is 4. The molecule has 0 spiro atoms. The zero-order chi connectivity index (χ0) is 13.0. The van der Waals surface area contributed by atoms with E-state index in [1.807, 2.05) is 18.5 Å². The molecule has 2 aromatic heterocycles. The summed E-state index contributed by atoms with van der Waals surface area (Å²) in [5, 5.41) is 4.61. The van der Waals surface area contributed by atoms with E-state index in [9.17, 15) is 0 Å². The first-order valence-corrected chi connectivity index (χ1v) is 6.92. The average Bonchev–Trinajstić information content (AvgIpc) is 2.79. The van der Waals surface area contributed by atoms with E-state index in [1.165, 1.54) is 15.4 Å². The molecule has 0 radical (unpaired) electrons. The van der Waals surface area contributed by atoms with Crippen molar-refractivity contribution in [2.24, 2.45) is 0 Å². The van der Waals surface area contributed by atoms with Gasteiger partial charge in [0.05, 0.1) is 5.01 Å². The predicted molar refractivity (Wildman–Crippen MR) is 75.6 cm³/mol. The Morgan fingerprint density at radius 3 is 2.67 bits per heavy atom. The summed E-state index contributed by atoms with van der Waals surface area (Å²) < 4.78 is 0. The minimum Gasteiger partial charge on any atom is -0.308 e. The number of thiazole rings is 1. The van der Waals surface area contributed by atoms with Gasteiger partial charge in [0.1, 0.15) is 0 Å². The number of nitrogens with one attached hydrogen (secondary N) is 1. The molecule has 96 valence electrons. The fraction of sp³-hybridized carbons (Fsp3) is 0.429. The fourth-order valence-corrected chi connectivity index (χ4v) is 2.51. The van der Waals surface area contributed by atoms with Crippen molar-refractivity contribution in [3.63, 3.8) is 0 Å². The van der Waals surface area contributed by atoms with Crippen LogP contribution in [0.1, 0.15) is 36.2 Å². The van der Waals surface area contributed by atoms with Crippen molar-refractivity contribution in [2.45, 2.75) is 39.3 Å². The zero-order valence-corrected chi connectivity index (χ0v) is 11.9. The Kier molecular flexibility index (Phi) is 4.09. The van der Waals surface area contributed by atoms with E-state index >= 15 is 0 Å². The molecule has 0 fully saturated rings. The van der Waals surface area contributed by atoms with Crippen molar-refractivity contribution in [3.8, 4) is 0 Å². The molecule has 0 saturated heterocycles. The van der Waals surface area contributed by atoms with Crippen LogP contribution in [-0.2, 0) is 18.5 Å². The Bertz CT molecular complexity index is 485. The molecule has 0 aliphatic heterocycles. The first kappa shape index (κ1) is 13.2. The van der Waals surface area contributed by atoms with Crippen LogP contribution in [0.25, 0.3) is 0 Å². The van der Waals surface area contributed by atoms with E-state index in [2.05, 4.69) is 42.1 Å². The van der Waals surface area contributed by atoms with E-state index in [0.717, 1.165) is 13.1 Å². The third kappa shape index (κ3) is 3.62. The summed E-state index contributed by atoms with van der Waals surface area (Å²) >= 11 is 1.79. The summed E-state index contributed by atoms with van der Waals surface area (Å²) in [6.07, 6.45) is 5.66. The van der Waals surface area contributed by atoms with Gasteiger partial charge >= 0.3 is 0 Å². The lowest BCUT2D eigenvalue weighted by Gasteiger charge is -2.13. The summed E-state index contributed by atoms with van der Waals surface area (Å²) in [5.74, 6) is 0. The summed E-state index contributed by atoms with van der Waals surface area (Å²) in [5.41, 5.74) is 1.35. The van der Waals surface area contributed by atoms with Gasteiger partial charge in [0.25, 0.3) is 0 Å². The highest BCUT2D eigenvalue weighted by atomic mass is 32.1. The van der Waals surface area contributed by atoms with Gasteiger partial charge in [-0.2, -0.15) is 0 Å². The van der Waals surface area contributed by atoms with Gasteiger partial charge in [0.2, 0.25) is 0 Å². The molecule has 0 amide bonds. The Labute approximate surface area is 112 Å². The number of aromatic nitrogens is 2. The minimum absolute atomic E-state index is 0.145. The van der Waals surface area contributed by atoms with Crippen LogP contribution in [0.3, 0.4) is 0 Å². The molecule has 18 heavy (non-hydrogen) atoms. The van der Waals surface area contributed by atoms with Crippen molar-refractivity contribution in [2.75, 3.05) is 0 Å². The normalized spacial score (nSPS) is 11.7. The smallest absolute Gasteiger partial charge is 0.0981 e. The first-order chi connectivity index (χ1) is 8.55. The standard InChI is InChI=1S/C14H19N3S/c1-14(2,3)13-17-10-12(18-13)9-16-8-11-5-4-6-15-7-11/h4-7,10,16H,8-9H2,1-3H3. The Morgan fingerprint density at radius 1 is 1.22 bits per heavy atom. The van der Waals surface area contributed by atoms with Gasteiger partial charge in [0.15, 0.2) is 0 Å². The number of hydrogen-bond donors (Lipinski definition) is 1. The van der Waals surface area contributed by atoms with Crippen LogP contribution in [0, 0.1) is 0 Å². The molecule has 2 rings (SSSR count). The molecule has 4 heteroatoms. The van der Waals surface area contributed by atoms with Crippen molar-refractivity contribution in [3.05, 3.63) is 46.2 Å². The third-order valence-electron chi connectivity index (χ3n) is 2.55. The highest BCUT2D eigenvalue weighted by Crippen LogP contribution is 2.26. The summed E-state index contributed by atoms with van der Waals surface area (Å²) in [6, 6.07) is 4.04. The molecule has 0 aliphatic carbocycles. The summed E-state index contributed by atoms with van der Waals surface area (Å²) in [6.45, 7) is 8.29. The molecule has 2 aromatic rings. The molecule has 0 unspecified atom stereocenters. The van der Waals surface area contributed by atoms with Crippen molar-refractivity contribution >= 4 is 11.3 Å². The van der Waals surface area contributed by atoms with Crippen LogP contribution in [0.2, 0.25) is 0 Å². The number of nitrogens with zero attached hydrogens (tertiary/aromatic N) is 2. The Balaban J connectivity index is 1.86. The topological polar surface area (TPSA) is 37.8 Å². The van der Waals surface area contributed by atoms with Gasteiger partial charge < -0.3 is 5.32 Å². The minimum atomic E-state index is 0.145. The fourth-order valence-electron chi connectivity index (χ4n) is 1.57. The molecular weight excluding hydrogens is 242 g/mol. The van der Waals surface area contributed by atoms with Crippen molar-refractivity contribution in [1.82, 2.24) is 15.3 Å². The zero-order valence-electron chi connectivity index (χ0n) is 11.1. The molecule has 0 atom stereocenters. The molecule has 0 aromatic carbocycles. The highest BCUT2D eigenvalue weighted by Gasteiger charge is 2.17. The van der Waals surface area contributed by atoms with Gasteiger partial charge in [0, 0.05) is 42.0 Å². The SMILES string of the molecule is CC(C)(C)c1ncc(CNCc2cccnc2)s1. The third-order valence-corrected chi connectivity index (χ3v) is 3.97. The van der Waals surface area contributed by atoms with Crippen LogP contribution in [0.5, 0.6) is 0 Å². The number of hydrogen-bond acceptors (Lipinski definition) is 4. The van der Waals surface area contributed by atoms with Gasteiger partial charge in [-0.1, -0.05) is 26.8 Å². The molecule has 2 heterocycles. The molecular formula is C14H19N3S. The first-order valence-electron chi connectivity index (χ1n) is 6.10. The summed E-state index contributed by atoms with van der Waals surface area (Å²) in [7, 11) is 0. The van der Waals surface area contributed by atoms with E-state index < -0.39 is 0 Å². The van der Waals surface area contributed by atoms with E-state index in [0.29, 0.717) is 0 Å². The van der Waals surface area contributed by atoms with Gasteiger partial charge in [-0.15, -0.1) is 11.3 Å². The lowest BCUT2D eigenvalue weighted by Crippen LogP contribution is -2.12. The Hall–Kier alpha value is -1.26. The monoisotopic (exact) mass is 261 g/mol. The van der Waals surface area contributed by atoms with Crippen LogP contribution >= 0.6 is 11.3 Å². The molecule has 0 aliphatic rings. The van der Waals surface area contributed by atoms with Gasteiger partial charge in [-0.25, -0.2) is 4.98 Å². The highest BCUT2D eigenvalue weighted by molar-refractivity contribution is 7.11. The van der Waals surface area contributed by atoms with Gasteiger partial charge in [-0.3, -0.25) is 4.98 Å². The lowest BCUT2D eigenvalue weighted by molar-refractivity contribution is 0.585. The lowest BCUT2D eigenvalue weighted by atomic mass is 9.98. The predicted octanol–water partition coefficient (Wildman–Crippen LogP) is 3.13. The maximum atomic E-state index is 4.48. The van der Waals surface area contributed by atoms with Crippen LogP contribution in [-0.4, -0.2) is 9.97 Å². The molecule has 0 saturated carbocycles. The average molecular weight is 261 g/mol. The van der Waals surface area contributed by atoms with E-state index in [1.54, 1.807) is 17.5 Å². The molecule has 3 nitrogen and oxygen atoms in total. The van der Waals surface area contributed by atoms with E-state index in [-0.39, 0.29) is 5.41 Å². The second-order valence-corrected chi connectivity index (χ2v) is 6.46. The van der Waals surface area contributed by atoms with Crippen LogP contribution in [0.15, 0.2) is 30.7 Å². The maximum Gasteiger partial charge on any atom is 0.0981 e. The molecule has 1 N–H and O–H groups in total. The van der Waals surface area contributed by atoms with Crippen LogP contribution in [0.4, 0.5) is 0 Å². The maximum absolute atomic E-state index is 4.48. The second kappa shape index (κ2) is 5.59. The largest absolute Gasteiger partial charge is 0.308 e. The second-order valence-electron chi connectivity index (χ2n) is 5.35. The van der Waals surface area contributed by atoms with Crippen molar-refractivity contribution < 1.29 is 0 Å². The van der Waals surface area contributed by atoms with E-state index in [4.69, 9.17) is 0 Å². The quantitative estimate of drug-likeness (QED) is 0.919. The van der Waals surface area contributed by atoms with Gasteiger partial charge in [-0.05, 0) is 11.6 Å². The van der Waals surface area contributed by atoms with Crippen molar-refractivity contribution in [1.29, 1.82) is 0 Å². The Morgan fingerprint density at radius 2 is 2.06 bits per heavy atom. The number of pyridine rings is 1.